The molecule has 0 atom stereocenters. The SMILES string of the molecule is c1ccc(-c2ccccc2N(c2cccc(-c3ccc4sc5ccccc5c4c3)c2)c2ccc3c4ccccc4n(-c4ccccc4)c3c2)cc1. The number of hydrogen-bond donors (Lipinski definition) is 0. The van der Waals surface area contributed by atoms with Gasteiger partial charge in [0, 0.05) is 53.6 Å². The van der Waals surface area contributed by atoms with E-state index >= 15 is 0 Å². The van der Waals surface area contributed by atoms with E-state index in [2.05, 4.69) is 204 Å². The summed E-state index contributed by atoms with van der Waals surface area (Å²) in [7, 11) is 0. The molecule has 8 aromatic carbocycles. The van der Waals surface area contributed by atoms with Crippen LogP contribution in [0.25, 0.3) is 69.9 Å². The number of thiophene rings is 1. The maximum atomic E-state index is 2.43. The van der Waals surface area contributed by atoms with Crippen molar-refractivity contribution in [2.45, 2.75) is 0 Å². The summed E-state index contributed by atoms with van der Waals surface area (Å²) in [5.74, 6) is 0. The quantitative estimate of drug-likeness (QED) is 0.171. The van der Waals surface area contributed by atoms with Crippen molar-refractivity contribution in [3.05, 3.63) is 194 Å². The van der Waals surface area contributed by atoms with Gasteiger partial charge in [-0.05, 0) is 83.4 Å². The van der Waals surface area contributed by atoms with Crippen LogP contribution in [0.4, 0.5) is 17.1 Å². The molecule has 0 aliphatic rings. The Morgan fingerprint density at radius 2 is 1.02 bits per heavy atom. The first kappa shape index (κ1) is 29.5. The predicted molar refractivity (Wildman–Crippen MR) is 219 cm³/mol. The molecule has 0 aliphatic carbocycles. The molecule has 0 fully saturated rings. The van der Waals surface area contributed by atoms with E-state index in [4.69, 9.17) is 0 Å². The molecule has 240 valence electrons. The Kier molecular flexibility index (Phi) is 7.04. The fourth-order valence-corrected chi connectivity index (χ4v) is 8.73. The number of rotatable bonds is 6. The summed E-state index contributed by atoms with van der Waals surface area (Å²) in [6.45, 7) is 0. The first-order chi connectivity index (χ1) is 25.3. The van der Waals surface area contributed by atoms with Gasteiger partial charge in [0.1, 0.15) is 0 Å². The molecule has 2 nitrogen and oxygen atoms in total. The highest BCUT2D eigenvalue weighted by atomic mass is 32.1. The molecule has 0 saturated heterocycles. The summed E-state index contributed by atoms with van der Waals surface area (Å²) in [6.07, 6.45) is 0. The van der Waals surface area contributed by atoms with Crippen molar-refractivity contribution in [3.63, 3.8) is 0 Å². The van der Waals surface area contributed by atoms with Gasteiger partial charge in [0.2, 0.25) is 0 Å². The van der Waals surface area contributed by atoms with Crippen molar-refractivity contribution in [1.82, 2.24) is 4.57 Å². The number of anilines is 3. The summed E-state index contributed by atoms with van der Waals surface area (Å²) in [4.78, 5) is 2.43. The summed E-state index contributed by atoms with van der Waals surface area (Å²) in [6, 6.07) is 70.5. The molecule has 2 aromatic heterocycles. The topological polar surface area (TPSA) is 8.17 Å². The van der Waals surface area contributed by atoms with Crippen LogP contribution in [-0.4, -0.2) is 4.57 Å². The molecule has 3 heteroatoms. The van der Waals surface area contributed by atoms with Crippen LogP contribution in [-0.2, 0) is 0 Å². The lowest BCUT2D eigenvalue weighted by molar-refractivity contribution is 1.18. The van der Waals surface area contributed by atoms with Crippen molar-refractivity contribution in [2.24, 2.45) is 0 Å². The Bertz CT molecular complexity index is 2860. The van der Waals surface area contributed by atoms with Crippen LogP contribution in [0.1, 0.15) is 0 Å². The molecule has 51 heavy (non-hydrogen) atoms. The van der Waals surface area contributed by atoms with E-state index in [1.807, 2.05) is 11.3 Å². The maximum Gasteiger partial charge on any atom is 0.0561 e. The Morgan fingerprint density at radius 3 is 1.90 bits per heavy atom. The summed E-state index contributed by atoms with van der Waals surface area (Å²) >= 11 is 1.86. The molecular formula is C48H32N2S. The van der Waals surface area contributed by atoms with Gasteiger partial charge in [-0.15, -0.1) is 11.3 Å². The average molecular weight is 669 g/mol. The molecule has 2 heterocycles. The standard InChI is InChI=1S/C48H32N2S/c1-3-14-33(15-4-1)39-20-7-10-23-44(39)49(37-19-13-16-34(30-37)35-26-29-48-43(31-35)42-22-9-12-25-47(42)51-48)38-27-28-41-40-21-8-11-24-45(40)50(46(41)32-38)36-17-5-2-6-18-36/h1-32H. The zero-order chi connectivity index (χ0) is 33.7. The minimum absolute atomic E-state index is 1.10. The zero-order valence-electron chi connectivity index (χ0n) is 27.8. The van der Waals surface area contributed by atoms with Crippen LogP contribution < -0.4 is 4.90 Å². The number of aromatic nitrogens is 1. The first-order valence-electron chi connectivity index (χ1n) is 17.4. The second kappa shape index (κ2) is 12.2. The smallest absolute Gasteiger partial charge is 0.0561 e. The van der Waals surface area contributed by atoms with Gasteiger partial charge in [0.05, 0.1) is 16.7 Å². The predicted octanol–water partition coefficient (Wildman–Crippen LogP) is 14.0. The van der Waals surface area contributed by atoms with Crippen LogP contribution in [0.5, 0.6) is 0 Å². The van der Waals surface area contributed by atoms with E-state index in [0.717, 1.165) is 22.7 Å². The summed E-state index contributed by atoms with van der Waals surface area (Å²) in [5.41, 5.74) is 11.6. The van der Waals surface area contributed by atoms with Crippen LogP contribution in [0.2, 0.25) is 0 Å². The Balaban J connectivity index is 1.21. The molecule has 0 aliphatic heterocycles. The molecule has 10 aromatic rings. The number of benzene rings is 8. The lowest BCUT2D eigenvalue weighted by Gasteiger charge is -2.28. The van der Waals surface area contributed by atoms with Gasteiger partial charge in [-0.2, -0.15) is 0 Å². The summed E-state index contributed by atoms with van der Waals surface area (Å²) in [5, 5.41) is 5.11. The van der Waals surface area contributed by atoms with Gasteiger partial charge in [-0.3, -0.25) is 0 Å². The molecule has 0 bridgehead atoms. The molecule has 10 rings (SSSR count). The van der Waals surface area contributed by atoms with Gasteiger partial charge >= 0.3 is 0 Å². The number of nitrogens with zero attached hydrogens (tertiary/aromatic N) is 2. The lowest BCUT2D eigenvalue weighted by atomic mass is 9.99. The largest absolute Gasteiger partial charge is 0.310 e. The van der Waals surface area contributed by atoms with E-state index in [1.54, 1.807) is 0 Å². The monoisotopic (exact) mass is 668 g/mol. The van der Waals surface area contributed by atoms with Crippen LogP contribution >= 0.6 is 11.3 Å². The Labute approximate surface area is 300 Å². The van der Waals surface area contributed by atoms with Gasteiger partial charge in [0.15, 0.2) is 0 Å². The number of fused-ring (bicyclic) bond motifs is 6. The molecule has 0 amide bonds. The highest BCUT2D eigenvalue weighted by Crippen LogP contribution is 2.44. The van der Waals surface area contributed by atoms with E-state index in [0.29, 0.717) is 0 Å². The fourth-order valence-electron chi connectivity index (χ4n) is 7.64. The molecule has 0 saturated carbocycles. The minimum atomic E-state index is 1.10. The van der Waals surface area contributed by atoms with Crippen molar-refractivity contribution >= 4 is 70.4 Å². The first-order valence-corrected chi connectivity index (χ1v) is 18.2. The molecular weight excluding hydrogens is 637 g/mol. The molecule has 0 unspecified atom stereocenters. The van der Waals surface area contributed by atoms with Crippen molar-refractivity contribution in [2.75, 3.05) is 4.90 Å². The fraction of sp³-hybridized carbons (Fsp3) is 0. The van der Waals surface area contributed by atoms with Gasteiger partial charge in [-0.1, -0.05) is 127 Å². The zero-order valence-corrected chi connectivity index (χ0v) is 28.6. The van der Waals surface area contributed by atoms with Crippen molar-refractivity contribution < 1.29 is 0 Å². The number of hydrogen-bond acceptors (Lipinski definition) is 2. The average Bonchev–Trinajstić information content (AvgIpc) is 3.74. The van der Waals surface area contributed by atoms with Gasteiger partial charge in [-0.25, -0.2) is 0 Å². The second-order valence-corrected chi connectivity index (χ2v) is 14.1. The third-order valence-electron chi connectivity index (χ3n) is 9.97. The maximum absolute atomic E-state index is 2.43. The third kappa shape index (κ3) is 5.01. The van der Waals surface area contributed by atoms with Crippen molar-refractivity contribution in [3.8, 4) is 27.9 Å². The van der Waals surface area contributed by atoms with E-state index < -0.39 is 0 Å². The van der Waals surface area contributed by atoms with Crippen LogP contribution in [0.15, 0.2) is 194 Å². The highest BCUT2D eigenvalue weighted by Gasteiger charge is 2.20. The second-order valence-electron chi connectivity index (χ2n) is 13.0. The lowest BCUT2D eigenvalue weighted by Crippen LogP contribution is -2.11. The Morgan fingerprint density at radius 1 is 0.373 bits per heavy atom. The van der Waals surface area contributed by atoms with Crippen LogP contribution in [0, 0.1) is 0 Å². The summed E-state index contributed by atoms with van der Waals surface area (Å²) < 4.78 is 5.04. The molecule has 0 N–H and O–H groups in total. The van der Waals surface area contributed by atoms with E-state index in [-0.39, 0.29) is 0 Å². The minimum Gasteiger partial charge on any atom is -0.310 e. The number of para-hydroxylation sites is 3. The molecule has 0 radical (unpaired) electrons. The van der Waals surface area contributed by atoms with Crippen molar-refractivity contribution in [1.29, 1.82) is 0 Å². The van der Waals surface area contributed by atoms with E-state index in [1.165, 1.54) is 64.2 Å². The van der Waals surface area contributed by atoms with Crippen LogP contribution in [0.3, 0.4) is 0 Å². The highest BCUT2D eigenvalue weighted by molar-refractivity contribution is 7.25. The van der Waals surface area contributed by atoms with E-state index in [9.17, 15) is 0 Å². The normalized spacial score (nSPS) is 11.5. The molecule has 0 spiro atoms. The third-order valence-corrected chi connectivity index (χ3v) is 11.1. The Hall–Kier alpha value is -6.42. The van der Waals surface area contributed by atoms with Gasteiger partial charge < -0.3 is 9.47 Å². The van der Waals surface area contributed by atoms with Gasteiger partial charge in [0.25, 0.3) is 0 Å².